The van der Waals surface area contributed by atoms with Gasteiger partial charge in [0.1, 0.15) is 5.75 Å². The first-order valence-electron chi connectivity index (χ1n) is 6.11. The van der Waals surface area contributed by atoms with E-state index in [0.717, 1.165) is 25.3 Å². The Morgan fingerprint density at radius 3 is 2.65 bits per heavy atom. The second kappa shape index (κ2) is 7.70. The minimum Gasteiger partial charge on any atom is -0.494 e. The Balaban J connectivity index is 2.46. The van der Waals surface area contributed by atoms with Crippen molar-refractivity contribution >= 4 is 0 Å². The molecule has 1 atom stereocenters. The third kappa shape index (κ3) is 4.88. The molecule has 0 aliphatic rings. The molecule has 0 amide bonds. The van der Waals surface area contributed by atoms with Crippen molar-refractivity contribution in [1.29, 1.82) is 5.26 Å². The van der Waals surface area contributed by atoms with Gasteiger partial charge in [0.15, 0.2) is 0 Å². The second-order valence-electron chi connectivity index (χ2n) is 4.00. The first-order chi connectivity index (χ1) is 8.27. The van der Waals surface area contributed by atoms with Crippen molar-refractivity contribution in [2.75, 3.05) is 13.2 Å². The van der Waals surface area contributed by atoms with Gasteiger partial charge in [0.2, 0.25) is 0 Å². The monoisotopic (exact) mass is 232 g/mol. The van der Waals surface area contributed by atoms with Crippen molar-refractivity contribution < 1.29 is 4.74 Å². The van der Waals surface area contributed by atoms with Crippen LogP contribution in [0.5, 0.6) is 5.75 Å². The molecule has 0 aromatic heterocycles. The van der Waals surface area contributed by atoms with Gasteiger partial charge in [-0.05, 0) is 31.0 Å². The SMILES string of the molecule is CCCOc1ccc(C(C)NCCC#N)cc1. The van der Waals surface area contributed by atoms with Crippen LogP contribution in [0.15, 0.2) is 24.3 Å². The second-order valence-corrected chi connectivity index (χ2v) is 4.00. The first kappa shape index (κ1) is 13.5. The molecule has 0 saturated carbocycles. The third-order valence-corrected chi connectivity index (χ3v) is 2.54. The molecule has 92 valence electrons. The number of rotatable bonds is 7. The van der Waals surface area contributed by atoms with E-state index in [0.29, 0.717) is 6.42 Å². The molecule has 0 aliphatic carbocycles. The first-order valence-corrected chi connectivity index (χ1v) is 6.11. The van der Waals surface area contributed by atoms with Gasteiger partial charge in [-0.2, -0.15) is 5.26 Å². The summed E-state index contributed by atoms with van der Waals surface area (Å²) < 4.78 is 5.52. The molecule has 1 aromatic rings. The molecule has 0 radical (unpaired) electrons. The lowest BCUT2D eigenvalue weighted by Gasteiger charge is -2.13. The maximum absolute atomic E-state index is 8.46. The van der Waals surface area contributed by atoms with Crippen LogP contribution >= 0.6 is 0 Å². The van der Waals surface area contributed by atoms with E-state index in [9.17, 15) is 0 Å². The Morgan fingerprint density at radius 2 is 2.06 bits per heavy atom. The van der Waals surface area contributed by atoms with Gasteiger partial charge in [0.05, 0.1) is 12.7 Å². The standard InChI is InChI=1S/C14H20N2O/c1-3-11-17-14-7-5-13(6-8-14)12(2)16-10-4-9-15/h5-8,12,16H,3-4,10-11H2,1-2H3. The molecular weight excluding hydrogens is 212 g/mol. The van der Waals surface area contributed by atoms with Crippen LogP contribution in [0.4, 0.5) is 0 Å². The fourth-order valence-electron chi connectivity index (χ4n) is 1.54. The lowest BCUT2D eigenvalue weighted by molar-refractivity contribution is 0.317. The predicted molar refractivity (Wildman–Crippen MR) is 68.9 cm³/mol. The minimum absolute atomic E-state index is 0.267. The average Bonchev–Trinajstić information content (AvgIpc) is 2.37. The maximum atomic E-state index is 8.46. The lowest BCUT2D eigenvalue weighted by Crippen LogP contribution is -2.19. The van der Waals surface area contributed by atoms with Crippen LogP contribution in [-0.4, -0.2) is 13.2 Å². The Hall–Kier alpha value is -1.53. The molecule has 0 aliphatic heterocycles. The van der Waals surface area contributed by atoms with Gasteiger partial charge in [-0.3, -0.25) is 0 Å². The highest BCUT2D eigenvalue weighted by Crippen LogP contribution is 2.17. The summed E-state index contributed by atoms with van der Waals surface area (Å²) in [5, 5.41) is 11.8. The highest BCUT2D eigenvalue weighted by Gasteiger charge is 2.04. The van der Waals surface area contributed by atoms with E-state index >= 15 is 0 Å². The number of benzene rings is 1. The summed E-state index contributed by atoms with van der Waals surface area (Å²) in [4.78, 5) is 0. The van der Waals surface area contributed by atoms with E-state index in [-0.39, 0.29) is 6.04 Å². The largest absolute Gasteiger partial charge is 0.494 e. The van der Waals surface area contributed by atoms with Gasteiger partial charge in [0.25, 0.3) is 0 Å². The molecule has 1 rings (SSSR count). The highest BCUT2D eigenvalue weighted by atomic mass is 16.5. The van der Waals surface area contributed by atoms with Crippen LogP contribution in [0.1, 0.15) is 38.3 Å². The Labute approximate surface area is 103 Å². The summed E-state index contributed by atoms with van der Waals surface area (Å²) in [5.74, 6) is 0.917. The van der Waals surface area contributed by atoms with Crippen LogP contribution in [-0.2, 0) is 0 Å². The molecular formula is C14H20N2O. The summed E-state index contributed by atoms with van der Waals surface area (Å²) in [5.41, 5.74) is 1.21. The summed E-state index contributed by atoms with van der Waals surface area (Å²) in [7, 11) is 0. The number of nitriles is 1. The van der Waals surface area contributed by atoms with E-state index < -0.39 is 0 Å². The van der Waals surface area contributed by atoms with Gasteiger partial charge in [-0.15, -0.1) is 0 Å². The Kier molecular flexibility index (Phi) is 6.13. The molecule has 17 heavy (non-hydrogen) atoms. The molecule has 0 bridgehead atoms. The van der Waals surface area contributed by atoms with Gasteiger partial charge in [-0.25, -0.2) is 0 Å². The normalized spacial score (nSPS) is 11.8. The minimum atomic E-state index is 0.267. The Morgan fingerprint density at radius 1 is 1.35 bits per heavy atom. The molecule has 3 nitrogen and oxygen atoms in total. The smallest absolute Gasteiger partial charge is 0.119 e. The van der Waals surface area contributed by atoms with Gasteiger partial charge in [-0.1, -0.05) is 19.1 Å². The van der Waals surface area contributed by atoms with E-state index in [2.05, 4.69) is 37.4 Å². The fourth-order valence-corrected chi connectivity index (χ4v) is 1.54. The van der Waals surface area contributed by atoms with E-state index in [1.165, 1.54) is 5.56 Å². The van der Waals surface area contributed by atoms with Crippen LogP contribution in [0.25, 0.3) is 0 Å². The van der Waals surface area contributed by atoms with Crippen LogP contribution < -0.4 is 10.1 Å². The molecule has 1 aromatic carbocycles. The van der Waals surface area contributed by atoms with E-state index in [1.807, 2.05) is 12.1 Å². The molecule has 1 N–H and O–H groups in total. The van der Waals surface area contributed by atoms with Crippen molar-refractivity contribution in [3.63, 3.8) is 0 Å². The molecule has 3 heteroatoms. The van der Waals surface area contributed by atoms with Gasteiger partial charge < -0.3 is 10.1 Å². The van der Waals surface area contributed by atoms with Crippen LogP contribution in [0, 0.1) is 11.3 Å². The zero-order chi connectivity index (χ0) is 12.5. The van der Waals surface area contributed by atoms with Crippen LogP contribution in [0.3, 0.4) is 0 Å². The average molecular weight is 232 g/mol. The van der Waals surface area contributed by atoms with E-state index in [1.54, 1.807) is 0 Å². The number of hydrogen-bond acceptors (Lipinski definition) is 3. The topological polar surface area (TPSA) is 45.0 Å². The summed E-state index contributed by atoms with van der Waals surface area (Å²) in [6, 6.07) is 10.5. The quantitative estimate of drug-likeness (QED) is 0.735. The summed E-state index contributed by atoms with van der Waals surface area (Å²) in [6.07, 6.45) is 1.57. The van der Waals surface area contributed by atoms with Crippen LogP contribution in [0.2, 0.25) is 0 Å². The zero-order valence-corrected chi connectivity index (χ0v) is 10.6. The van der Waals surface area contributed by atoms with Crippen molar-refractivity contribution in [1.82, 2.24) is 5.32 Å². The lowest BCUT2D eigenvalue weighted by atomic mass is 10.1. The van der Waals surface area contributed by atoms with Crippen molar-refractivity contribution in [2.45, 2.75) is 32.7 Å². The number of ether oxygens (including phenoxy) is 1. The third-order valence-electron chi connectivity index (χ3n) is 2.54. The fraction of sp³-hybridized carbons (Fsp3) is 0.500. The number of hydrogen-bond donors (Lipinski definition) is 1. The molecule has 0 heterocycles. The number of nitrogens with zero attached hydrogens (tertiary/aromatic N) is 1. The van der Waals surface area contributed by atoms with Crippen molar-refractivity contribution in [3.8, 4) is 11.8 Å². The van der Waals surface area contributed by atoms with E-state index in [4.69, 9.17) is 10.00 Å². The van der Waals surface area contributed by atoms with Gasteiger partial charge >= 0.3 is 0 Å². The zero-order valence-electron chi connectivity index (χ0n) is 10.6. The van der Waals surface area contributed by atoms with Gasteiger partial charge in [0, 0.05) is 19.0 Å². The molecule has 0 fully saturated rings. The highest BCUT2D eigenvalue weighted by molar-refractivity contribution is 5.28. The maximum Gasteiger partial charge on any atom is 0.119 e. The van der Waals surface area contributed by atoms with Crippen molar-refractivity contribution in [3.05, 3.63) is 29.8 Å². The summed E-state index contributed by atoms with van der Waals surface area (Å²) in [6.45, 7) is 5.68. The molecule has 0 spiro atoms. The molecule has 0 saturated heterocycles. The number of nitrogens with one attached hydrogen (secondary N) is 1. The predicted octanol–water partition coefficient (Wildman–Crippen LogP) is 3.04. The molecule has 1 unspecified atom stereocenters. The summed E-state index contributed by atoms with van der Waals surface area (Å²) >= 11 is 0. The van der Waals surface area contributed by atoms with Crippen molar-refractivity contribution in [2.24, 2.45) is 0 Å². The Bertz CT molecular complexity index is 353.